The molecule has 9 heteroatoms. The van der Waals surface area contributed by atoms with E-state index in [0.717, 1.165) is 24.2 Å². The van der Waals surface area contributed by atoms with Crippen molar-refractivity contribution in [3.05, 3.63) is 65.6 Å². The number of esters is 1. The molecule has 2 aliphatic rings. The molecule has 34 heavy (non-hydrogen) atoms. The van der Waals surface area contributed by atoms with Crippen LogP contribution in [0.1, 0.15) is 47.4 Å². The van der Waals surface area contributed by atoms with Crippen LogP contribution in [0.5, 0.6) is 0 Å². The molecule has 5 rings (SSSR count). The van der Waals surface area contributed by atoms with E-state index in [4.69, 9.17) is 4.74 Å². The molecule has 1 saturated carbocycles. The normalized spacial score (nSPS) is 16.3. The Morgan fingerprint density at radius 3 is 2.56 bits per heavy atom. The van der Waals surface area contributed by atoms with Crippen molar-refractivity contribution in [2.45, 2.75) is 45.1 Å². The number of anilines is 2. The molecule has 1 aromatic carbocycles. The molecule has 1 aliphatic heterocycles. The number of hydrogen-bond acceptors (Lipinski definition) is 6. The smallest absolute Gasteiger partial charge is 0.340 e. The van der Waals surface area contributed by atoms with Gasteiger partial charge < -0.3 is 10.1 Å². The van der Waals surface area contributed by atoms with E-state index in [2.05, 4.69) is 15.4 Å². The van der Waals surface area contributed by atoms with E-state index < -0.39 is 24.0 Å². The Balaban J connectivity index is 1.33. The SMILES string of the molecule is Cc1cc(C)n(-c2ccc(C(=O)OCC(=O)N3c4ccccc4NC(=O)C34CCCC4)cn2)n1. The first kappa shape index (κ1) is 21.8. The minimum absolute atomic E-state index is 0.188. The zero-order valence-corrected chi connectivity index (χ0v) is 19.1. The maximum Gasteiger partial charge on any atom is 0.340 e. The van der Waals surface area contributed by atoms with E-state index in [-0.39, 0.29) is 11.5 Å². The molecule has 0 unspecified atom stereocenters. The molecule has 1 aliphatic carbocycles. The van der Waals surface area contributed by atoms with Gasteiger partial charge in [0.2, 0.25) is 0 Å². The number of rotatable bonds is 4. The van der Waals surface area contributed by atoms with Gasteiger partial charge in [0.25, 0.3) is 11.8 Å². The molecular weight excluding hydrogens is 434 g/mol. The molecule has 0 bridgehead atoms. The lowest BCUT2D eigenvalue weighted by Gasteiger charge is -2.44. The number of ether oxygens (including phenoxy) is 1. The predicted octanol–water partition coefficient (Wildman–Crippen LogP) is 3.34. The van der Waals surface area contributed by atoms with Gasteiger partial charge in [-0.3, -0.25) is 14.5 Å². The summed E-state index contributed by atoms with van der Waals surface area (Å²) >= 11 is 0. The van der Waals surface area contributed by atoms with Gasteiger partial charge in [0.15, 0.2) is 12.4 Å². The Labute approximate surface area is 196 Å². The standard InChI is InChI=1S/C25H25N5O4/c1-16-13-17(2)30(28-16)21-10-9-18(14-26-21)23(32)34-15-22(31)29-20-8-4-3-7-19(20)27-24(33)25(29)11-5-6-12-25/h3-4,7-10,13-14H,5-6,11-12,15H2,1-2H3,(H,27,33). The Morgan fingerprint density at radius 1 is 1.12 bits per heavy atom. The molecule has 1 spiro atoms. The van der Waals surface area contributed by atoms with Gasteiger partial charge >= 0.3 is 5.97 Å². The fourth-order valence-electron chi connectivity index (χ4n) is 4.90. The van der Waals surface area contributed by atoms with Gasteiger partial charge in [-0.25, -0.2) is 14.5 Å². The quantitative estimate of drug-likeness (QED) is 0.600. The number of nitrogens with zero attached hydrogens (tertiary/aromatic N) is 4. The molecule has 0 atom stereocenters. The molecule has 1 fully saturated rings. The van der Waals surface area contributed by atoms with Crippen molar-refractivity contribution in [3.8, 4) is 5.82 Å². The van der Waals surface area contributed by atoms with Crippen LogP contribution in [0.3, 0.4) is 0 Å². The number of aromatic nitrogens is 3. The third-order valence-corrected chi connectivity index (χ3v) is 6.46. The highest BCUT2D eigenvalue weighted by atomic mass is 16.5. The van der Waals surface area contributed by atoms with E-state index >= 15 is 0 Å². The van der Waals surface area contributed by atoms with Crippen molar-refractivity contribution >= 4 is 29.2 Å². The zero-order chi connectivity index (χ0) is 23.9. The fraction of sp³-hybridized carbons (Fsp3) is 0.320. The number of nitrogens with one attached hydrogen (secondary N) is 1. The van der Waals surface area contributed by atoms with E-state index in [1.54, 1.807) is 35.0 Å². The van der Waals surface area contributed by atoms with Crippen molar-refractivity contribution in [1.82, 2.24) is 14.8 Å². The lowest BCUT2D eigenvalue weighted by Crippen LogP contribution is -2.61. The van der Waals surface area contributed by atoms with Crippen LogP contribution >= 0.6 is 0 Å². The van der Waals surface area contributed by atoms with Crippen LogP contribution in [0.15, 0.2) is 48.7 Å². The second-order valence-electron chi connectivity index (χ2n) is 8.76. The number of carbonyl (C=O) groups excluding carboxylic acids is 3. The first-order valence-electron chi connectivity index (χ1n) is 11.3. The summed E-state index contributed by atoms with van der Waals surface area (Å²) in [5.74, 6) is -0.689. The third kappa shape index (κ3) is 3.63. The molecule has 0 radical (unpaired) electrons. The fourth-order valence-corrected chi connectivity index (χ4v) is 4.90. The average Bonchev–Trinajstić information content (AvgIpc) is 3.45. The lowest BCUT2D eigenvalue weighted by atomic mass is 9.90. The Morgan fingerprint density at radius 2 is 1.88 bits per heavy atom. The van der Waals surface area contributed by atoms with Crippen LogP contribution in [0, 0.1) is 13.8 Å². The van der Waals surface area contributed by atoms with Crippen molar-refractivity contribution in [1.29, 1.82) is 0 Å². The molecule has 1 N–H and O–H groups in total. The zero-order valence-electron chi connectivity index (χ0n) is 19.1. The second kappa shape index (κ2) is 8.40. The highest BCUT2D eigenvalue weighted by Gasteiger charge is 2.52. The topological polar surface area (TPSA) is 106 Å². The number of carbonyl (C=O) groups is 3. The maximum absolute atomic E-state index is 13.3. The summed E-state index contributed by atoms with van der Waals surface area (Å²) in [6.45, 7) is 3.35. The van der Waals surface area contributed by atoms with Gasteiger partial charge in [-0.2, -0.15) is 5.10 Å². The third-order valence-electron chi connectivity index (χ3n) is 6.46. The Hall–Kier alpha value is -4.01. The summed E-state index contributed by atoms with van der Waals surface area (Å²) in [5, 5.41) is 7.32. The van der Waals surface area contributed by atoms with E-state index in [1.807, 2.05) is 26.0 Å². The number of para-hydroxylation sites is 2. The van der Waals surface area contributed by atoms with Crippen LogP contribution in [-0.2, 0) is 14.3 Å². The summed E-state index contributed by atoms with van der Waals surface area (Å²) in [7, 11) is 0. The molecule has 9 nitrogen and oxygen atoms in total. The summed E-state index contributed by atoms with van der Waals surface area (Å²) in [6.07, 6.45) is 4.26. The summed E-state index contributed by atoms with van der Waals surface area (Å²) in [4.78, 5) is 44.8. The van der Waals surface area contributed by atoms with Gasteiger partial charge in [-0.15, -0.1) is 0 Å². The lowest BCUT2D eigenvalue weighted by molar-refractivity contribution is -0.129. The highest BCUT2D eigenvalue weighted by molar-refractivity contribution is 6.15. The van der Waals surface area contributed by atoms with Crippen molar-refractivity contribution in [3.63, 3.8) is 0 Å². The van der Waals surface area contributed by atoms with Crippen LogP contribution in [0.2, 0.25) is 0 Å². The van der Waals surface area contributed by atoms with Gasteiger partial charge in [0, 0.05) is 11.9 Å². The van der Waals surface area contributed by atoms with E-state index in [0.29, 0.717) is 30.0 Å². The highest BCUT2D eigenvalue weighted by Crippen LogP contribution is 2.45. The number of benzene rings is 1. The first-order chi connectivity index (χ1) is 16.4. The number of amides is 2. The maximum atomic E-state index is 13.3. The van der Waals surface area contributed by atoms with Gasteiger partial charge in [0.05, 0.1) is 22.6 Å². The van der Waals surface area contributed by atoms with Crippen molar-refractivity contribution in [2.75, 3.05) is 16.8 Å². The number of hydrogen-bond donors (Lipinski definition) is 1. The minimum atomic E-state index is -0.944. The number of aryl methyl sites for hydroxylation is 2. The van der Waals surface area contributed by atoms with Crippen molar-refractivity contribution in [2.24, 2.45) is 0 Å². The van der Waals surface area contributed by atoms with E-state index in [9.17, 15) is 14.4 Å². The minimum Gasteiger partial charge on any atom is -0.452 e. The summed E-state index contributed by atoms with van der Waals surface area (Å²) < 4.78 is 7.03. The Kier molecular flexibility index (Phi) is 5.39. The number of fused-ring (bicyclic) bond motifs is 1. The molecule has 3 aromatic rings. The van der Waals surface area contributed by atoms with Crippen LogP contribution in [-0.4, -0.2) is 44.7 Å². The van der Waals surface area contributed by atoms with Crippen molar-refractivity contribution < 1.29 is 19.1 Å². The molecule has 2 aromatic heterocycles. The molecule has 3 heterocycles. The van der Waals surface area contributed by atoms with Gasteiger partial charge in [-0.1, -0.05) is 25.0 Å². The summed E-state index contributed by atoms with van der Waals surface area (Å²) in [6, 6.07) is 12.4. The largest absolute Gasteiger partial charge is 0.452 e. The van der Waals surface area contributed by atoms with Crippen LogP contribution in [0.25, 0.3) is 5.82 Å². The van der Waals surface area contributed by atoms with Crippen LogP contribution in [0.4, 0.5) is 11.4 Å². The Bertz CT molecular complexity index is 1270. The van der Waals surface area contributed by atoms with Gasteiger partial charge in [-0.05, 0) is 57.0 Å². The van der Waals surface area contributed by atoms with Crippen LogP contribution < -0.4 is 10.2 Å². The average molecular weight is 460 g/mol. The molecule has 2 amide bonds. The summed E-state index contributed by atoms with van der Waals surface area (Å²) in [5.41, 5.74) is 2.29. The molecule has 0 saturated heterocycles. The predicted molar refractivity (Wildman–Crippen MR) is 125 cm³/mol. The first-order valence-corrected chi connectivity index (χ1v) is 11.3. The van der Waals surface area contributed by atoms with E-state index in [1.165, 1.54) is 11.1 Å². The molecular formula is C25H25N5O4. The van der Waals surface area contributed by atoms with Gasteiger partial charge in [0.1, 0.15) is 5.54 Å². The number of pyridine rings is 1. The second-order valence-corrected chi connectivity index (χ2v) is 8.76. The monoisotopic (exact) mass is 459 g/mol. The molecule has 174 valence electrons.